The number of nitrogens with one attached hydrogen (secondary N) is 2. The van der Waals surface area contributed by atoms with Gasteiger partial charge in [-0.2, -0.15) is 0 Å². The molecule has 16 heteroatoms. The van der Waals surface area contributed by atoms with Crippen LogP contribution in [0.15, 0.2) is 170 Å². The van der Waals surface area contributed by atoms with Crippen molar-refractivity contribution in [2.24, 2.45) is 0 Å². The smallest absolute Gasteiger partial charge is 0.0715 e. The third-order valence-electron chi connectivity index (χ3n) is 15.6. The summed E-state index contributed by atoms with van der Waals surface area (Å²) >= 11 is 6.17. The van der Waals surface area contributed by atoms with Gasteiger partial charge in [0, 0.05) is 116 Å². The number of rotatable bonds is 33. The van der Waals surface area contributed by atoms with Crippen molar-refractivity contribution in [2.75, 3.05) is 149 Å². The van der Waals surface area contributed by atoms with Gasteiger partial charge in [-0.1, -0.05) is 123 Å². The number of anilines is 6. The minimum Gasteiger partial charge on any atom is -0.395 e. The van der Waals surface area contributed by atoms with Crippen LogP contribution in [0.1, 0.15) is 96.2 Å². The highest BCUT2D eigenvalue weighted by molar-refractivity contribution is 6.30. The van der Waals surface area contributed by atoms with Crippen molar-refractivity contribution in [3.63, 3.8) is 0 Å². The zero-order valence-corrected chi connectivity index (χ0v) is 51.5. The minimum atomic E-state index is -0.259. The summed E-state index contributed by atoms with van der Waals surface area (Å²) in [5.74, 6) is 0.378. The van der Waals surface area contributed by atoms with Crippen LogP contribution in [0.4, 0.5) is 34.1 Å². The second kappa shape index (κ2) is 39.2. The lowest BCUT2D eigenvalue weighted by Crippen LogP contribution is -2.38. The Labute approximate surface area is 521 Å². The summed E-state index contributed by atoms with van der Waals surface area (Å²) in [6.45, 7) is 8.60. The van der Waals surface area contributed by atoms with Crippen LogP contribution in [0, 0.1) is 0 Å². The number of hydrogen-bond acceptors (Lipinski definition) is 15. The fourth-order valence-electron chi connectivity index (χ4n) is 11.1. The molecular weight excluding hydrogens is 1120 g/mol. The largest absolute Gasteiger partial charge is 0.395 e. The number of aliphatic hydroxyl groups is 9. The van der Waals surface area contributed by atoms with Gasteiger partial charge in [0.1, 0.15) is 0 Å². The summed E-state index contributed by atoms with van der Waals surface area (Å²) in [6, 6.07) is 58.4. The first kappa shape index (κ1) is 69.4. The van der Waals surface area contributed by atoms with E-state index in [1.165, 1.54) is 47.1 Å². The third-order valence-corrected chi connectivity index (χ3v) is 15.9. The summed E-state index contributed by atoms with van der Waals surface area (Å²) < 4.78 is 0. The minimum absolute atomic E-state index is 0.0372. The molecule has 7 aromatic rings. The number of hydrogen-bond donors (Lipinski definition) is 11. The average Bonchev–Trinajstić information content (AvgIpc) is 2.38. The lowest BCUT2D eigenvalue weighted by atomic mass is 9.85. The van der Waals surface area contributed by atoms with Gasteiger partial charge in [-0.25, -0.2) is 0 Å². The highest BCUT2D eigenvalue weighted by Gasteiger charge is 2.22. The molecule has 1 fully saturated rings. The highest BCUT2D eigenvalue weighted by Crippen LogP contribution is 2.36. The monoisotopic (exact) mass is 1210 g/mol. The Morgan fingerprint density at radius 1 is 0.460 bits per heavy atom. The van der Waals surface area contributed by atoms with Crippen LogP contribution in [0.25, 0.3) is 0 Å². The molecule has 15 nitrogen and oxygen atoms in total. The fourth-order valence-corrected chi connectivity index (χ4v) is 11.2. The maximum Gasteiger partial charge on any atom is 0.0715 e. The third kappa shape index (κ3) is 22.7. The molecule has 3 atom stereocenters. The number of aliphatic hydroxyl groups excluding tert-OH is 9. The second-order valence-electron chi connectivity index (χ2n) is 21.8. The molecule has 0 aromatic heterocycles. The lowest BCUT2D eigenvalue weighted by molar-refractivity contribution is 0.154. The molecule has 0 spiro atoms. The number of benzene rings is 7. The molecule has 1 saturated heterocycles. The topological polar surface area (TPSA) is 219 Å². The van der Waals surface area contributed by atoms with Crippen molar-refractivity contribution < 1.29 is 46.0 Å². The predicted molar refractivity (Wildman–Crippen MR) is 358 cm³/mol. The van der Waals surface area contributed by atoms with Crippen molar-refractivity contribution in [1.29, 1.82) is 0 Å². The van der Waals surface area contributed by atoms with Crippen LogP contribution in [0.5, 0.6) is 0 Å². The Hall–Kier alpha value is -6.73. The van der Waals surface area contributed by atoms with Gasteiger partial charge in [0.2, 0.25) is 0 Å². The maximum absolute atomic E-state index is 10.0. The molecule has 0 amide bonds. The summed E-state index contributed by atoms with van der Waals surface area (Å²) in [5, 5.41) is 90.4. The second-order valence-corrected chi connectivity index (χ2v) is 22.3. The normalized spacial score (nSPS) is 13.6. The van der Waals surface area contributed by atoms with Gasteiger partial charge in [0.25, 0.3) is 0 Å². The Bertz CT molecular complexity index is 2840. The van der Waals surface area contributed by atoms with Crippen molar-refractivity contribution in [1.82, 2.24) is 0 Å². The molecule has 1 heterocycles. The van der Waals surface area contributed by atoms with Gasteiger partial charge in [0.05, 0.1) is 59.0 Å². The van der Waals surface area contributed by atoms with Crippen LogP contribution >= 0.6 is 11.6 Å². The zero-order chi connectivity index (χ0) is 62.0. The Morgan fingerprint density at radius 3 is 1.23 bits per heavy atom. The molecule has 7 aromatic carbocycles. The van der Waals surface area contributed by atoms with Gasteiger partial charge in [-0.3, -0.25) is 0 Å². The van der Waals surface area contributed by atoms with E-state index in [9.17, 15) is 25.5 Å². The molecule has 8 rings (SSSR count). The van der Waals surface area contributed by atoms with Crippen LogP contribution in [0.2, 0.25) is 5.02 Å². The van der Waals surface area contributed by atoms with E-state index in [0.717, 1.165) is 77.5 Å². The van der Waals surface area contributed by atoms with E-state index in [0.29, 0.717) is 69.8 Å². The van der Waals surface area contributed by atoms with Crippen molar-refractivity contribution in [3.8, 4) is 0 Å². The zero-order valence-electron chi connectivity index (χ0n) is 50.8. The molecule has 87 heavy (non-hydrogen) atoms. The number of unbranched alkanes of at least 4 members (excludes halogenated alkanes) is 2. The van der Waals surface area contributed by atoms with Crippen LogP contribution in [-0.2, 0) is 6.42 Å². The van der Waals surface area contributed by atoms with Gasteiger partial charge in [0.15, 0.2) is 0 Å². The van der Waals surface area contributed by atoms with E-state index in [1.54, 1.807) is 0 Å². The number of halogens is 1. The van der Waals surface area contributed by atoms with Gasteiger partial charge < -0.3 is 76.2 Å². The van der Waals surface area contributed by atoms with E-state index in [1.807, 2.05) is 63.2 Å². The van der Waals surface area contributed by atoms with Crippen LogP contribution in [-0.4, -0.2) is 170 Å². The Kier molecular flexibility index (Phi) is 31.3. The van der Waals surface area contributed by atoms with E-state index < -0.39 is 0 Å². The summed E-state index contributed by atoms with van der Waals surface area (Å²) in [4.78, 5) is 8.19. The lowest BCUT2D eigenvalue weighted by Gasteiger charge is -2.32. The fraction of sp³-hybridized carbons (Fsp3) is 0.408. The molecule has 0 radical (unpaired) electrons. The van der Waals surface area contributed by atoms with Crippen molar-refractivity contribution in [3.05, 3.63) is 214 Å². The molecule has 470 valence electrons. The number of β-amino-alcohol motifs (C(OH)–C–C–N with tert-alkyl or cyclic N) is 1. The first-order chi connectivity index (χ1) is 42.6. The van der Waals surface area contributed by atoms with E-state index >= 15 is 0 Å². The van der Waals surface area contributed by atoms with E-state index in [-0.39, 0.29) is 64.9 Å². The quantitative estimate of drug-likeness (QED) is 0.0136. The molecular formula is C71H95ClN6O9. The molecule has 0 saturated carbocycles. The van der Waals surface area contributed by atoms with Gasteiger partial charge >= 0.3 is 0 Å². The van der Waals surface area contributed by atoms with Crippen molar-refractivity contribution >= 4 is 45.7 Å². The van der Waals surface area contributed by atoms with E-state index in [4.69, 9.17) is 32.0 Å². The Balaban J connectivity index is 0.000000212. The first-order valence-electron chi connectivity index (χ1n) is 30.9. The van der Waals surface area contributed by atoms with Crippen LogP contribution < -0.4 is 30.2 Å². The van der Waals surface area contributed by atoms with Gasteiger partial charge in [-0.15, -0.1) is 0 Å². The first-order valence-corrected chi connectivity index (χ1v) is 31.3. The predicted octanol–water partition coefficient (Wildman–Crippen LogP) is 9.34. The SMILES string of the molecule is CCCCCC(c1ccc(NCCO)cc1)c1ccc(N(CCO)CCO)cc1.OCCN(CCO)c1ccc(C(c2ccc(Cl)cc2)c2ccc(N3CCCC(O)C3)cc2)cc1.OCCNc1ccc(Cc2ccc(N(CCO)CCO)cc2)cc1. The molecule has 1 aliphatic heterocycles. The number of piperidine rings is 1. The Morgan fingerprint density at radius 2 is 0.828 bits per heavy atom. The van der Waals surface area contributed by atoms with Gasteiger partial charge in [-0.05, 0) is 150 Å². The molecule has 3 unspecified atom stereocenters. The van der Waals surface area contributed by atoms with Crippen LogP contribution in [0.3, 0.4) is 0 Å². The maximum atomic E-state index is 10.0. The molecule has 0 bridgehead atoms. The average molecular weight is 1210 g/mol. The molecule has 1 aliphatic rings. The highest BCUT2D eigenvalue weighted by atomic mass is 35.5. The summed E-state index contributed by atoms with van der Waals surface area (Å²) in [6.07, 6.45) is 7.19. The molecule has 0 aliphatic carbocycles. The number of nitrogens with zero attached hydrogens (tertiary/aromatic N) is 4. The summed E-state index contributed by atoms with van der Waals surface area (Å²) in [7, 11) is 0. The van der Waals surface area contributed by atoms with Crippen molar-refractivity contribution in [2.45, 2.75) is 69.8 Å². The standard InChI is InChI=1S/C28H33ClN2O3.C24H36N2O3.C19H26N2O3/c29-24-9-3-21(4-10-24)28(22-5-11-25(12-6-22)30(16-18-32)17-19-33)23-7-13-26(14-8-23)31-15-1-2-27(34)20-31;1-2-3-4-5-24(20-6-10-22(11-7-20)25-14-17-27)21-8-12-23(13-9-21)26(15-18-28)16-19-29;22-12-9-20-18-5-1-16(2-6-18)15-17-3-7-19(8-4-17)21(10-13-23)11-14-24/h3-14,27-28,32-34H,1-2,15-20H2;6-13,24-25,27-29H,2-5,14-19H2,1H3;1-8,20,22-24H,9-15H2. The summed E-state index contributed by atoms with van der Waals surface area (Å²) in [5.41, 5.74) is 14.7. The molecule has 11 N–H and O–H groups in total. The van der Waals surface area contributed by atoms with E-state index in [2.05, 4.69) is 144 Å².